The van der Waals surface area contributed by atoms with Crippen molar-refractivity contribution in [3.8, 4) is 17.0 Å². The van der Waals surface area contributed by atoms with Gasteiger partial charge in [0.1, 0.15) is 17.4 Å². The molecule has 0 atom stereocenters. The van der Waals surface area contributed by atoms with Gasteiger partial charge < -0.3 is 4.74 Å². The molecule has 0 radical (unpaired) electrons. The number of nitrogens with zero attached hydrogens (tertiary/aromatic N) is 1. The number of thiazole rings is 1. The van der Waals surface area contributed by atoms with Crippen molar-refractivity contribution in [1.82, 2.24) is 4.98 Å². The Kier molecular flexibility index (Phi) is 4.76. The number of amides is 1. The van der Waals surface area contributed by atoms with E-state index in [2.05, 4.69) is 10.3 Å². The fourth-order valence-corrected chi connectivity index (χ4v) is 3.18. The predicted molar refractivity (Wildman–Crippen MR) is 93.2 cm³/mol. The van der Waals surface area contributed by atoms with Crippen molar-refractivity contribution in [2.45, 2.75) is 6.92 Å². The lowest BCUT2D eigenvalue weighted by Crippen LogP contribution is -2.13. The van der Waals surface area contributed by atoms with E-state index in [4.69, 9.17) is 4.74 Å². The summed E-state index contributed by atoms with van der Waals surface area (Å²) in [4.78, 5) is 17.7. The summed E-state index contributed by atoms with van der Waals surface area (Å²) >= 11 is 1.28. The van der Waals surface area contributed by atoms with Gasteiger partial charge in [0.15, 0.2) is 5.13 Å². The summed E-state index contributed by atoms with van der Waals surface area (Å²) in [5.41, 5.74) is 1.49. The van der Waals surface area contributed by atoms with Crippen LogP contribution in [-0.4, -0.2) is 18.0 Å². The number of anilines is 1. The molecule has 3 aromatic rings. The summed E-state index contributed by atoms with van der Waals surface area (Å²) in [7, 11) is 1.41. The lowest BCUT2D eigenvalue weighted by molar-refractivity contribution is 0.102. The van der Waals surface area contributed by atoms with Gasteiger partial charge in [0.2, 0.25) is 0 Å². The van der Waals surface area contributed by atoms with Crippen molar-refractivity contribution in [2.75, 3.05) is 12.4 Å². The molecule has 128 valence electrons. The van der Waals surface area contributed by atoms with Gasteiger partial charge in [-0.15, -0.1) is 11.3 Å². The number of rotatable bonds is 4. The van der Waals surface area contributed by atoms with Gasteiger partial charge in [-0.2, -0.15) is 0 Å². The molecule has 0 saturated carbocycles. The molecule has 1 heterocycles. The fraction of sp³-hybridized carbons (Fsp3) is 0.111. The topological polar surface area (TPSA) is 51.2 Å². The molecular formula is C18H14F2N2O2S. The minimum absolute atomic E-state index is 0.0821. The van der Waals surface area contributed by atoms with Gasteiger partial charge in [-0.05, 0) is 49.4 Å². The van der Waals surface area contributed by atoms with E-state index < -0.39 is 11.7 Å². The third-order valence-corrected chi connectivity index (χ3v) is 4.43. The van der Waals surface area contributed by atoms with Gasteiger partial charge in [-0.25, -0.2) is 13.8 Å². The van der Waals surface area contributed by atoms with Crippen LogP contribution in [0.4, 0.5) is 13.9 Å². The minimum Gasteiger partial charge on any atom is -0.496 e. The van der Waals surface area contributed by atoms with E-state index in [1.165, 1.54) is 42.7 Å². The molecule has 0 aliphatic heterocycles. The SMILES string of the molecule is COc1ccc(F)cc1C(=O)Nc1nc(-c2ccc(F)cc2)c(C)s1. The lowest BCUT2D eigenvalue weighted by Gasteiger charge is -2.07. The number of hydrogen-bond acceptors (Lipinski definition) is 4. The Bertz CT molecular complexity index is 923. The highest BCUT2D eigenvalue weighted by molar-refractivity contribution is 7.16. The monoisotopic (exact) mass is 360 g/mol. The van der Waals surface area contributed by atoms with Crippen molar-refractivity contribution in [1.29, 1.82) is 0 Å². The highest BCUT2D eigenvalue weighted by atomic mass is 32.1. The second-order valence-electron chi connectivity index (χ2n) is 5.23. The normalized spacial score (nSPS) is 10.6. The summed E-state index contributed by atoms with van der Waals surface area (Å²) in [6, 6.07) is 9.66. The number of benzene rings is 2. The summed E-state index contributed by atoms with van der Waals surface area (Å²) in [5, 5.41) is 3.02. The molecule has 0 saturated heterocycles. The number of carbonyl (C=O) groups excluding carboxylic acids is 1. The average molecular weight is 360 g/mol. The molecule has 1 aromatic heterocycles. The molecule has 2 aromatic carbocycles. The van der Waals surface area contributed by atoms with E-state index in [1.54, 1.807) is 12.1 Å². The van der Waals surface area contributed by atoms with Crippen LogP contribution < -0.4 is 10.1 Å². The van der Waals surface area contributed by atoms with Crippen LogP contribution in [0.5, 0.6) is 5.75 Å². The van der Waals surface area contributed by atoms with Crippen molar-refractivity contribution in [3.63, 3.8) is 0 Å². The van der Waals surface area contributed by atoms with E-state index in [9.17, 15) is 13.6 Å². The minimum atomic E-state index is -0.534. The molecule has 0 aliphatic carbocycles. The zero-order valence-corrected chi connectivity index (χ0v) is 14.3. The summed E-state index contributed by atoms with van der Waals surface area (Å²) in [6.07, 6.45) is 0. The van der Waals surface area contributed by atoms with Crippen LogP contribution in [0.25, 0.3) is 11.3 Å². The second kappa shape index (κ2) is 6.98. The van der Waals surface area contributed by atoms with Gasteiger partial charge in [0, 0.05) is 10.4 Å². The first kappa shape index (κ1) is 17.0. The van der Waals surface area contributed by atoms with Gasteiger partial charge in [0.25, 0.3) is 5.91 Å². The number of aryl methyl sites for hydroxylation is 1. The van der Waals surface area contributed by atoms with Crippen LogP contribution in [0.2, 0.25) is 0 Å². The lowest BCUT2D eigenvalue weighted by atomic mass is 10.1. The van der Waals surface area contributed by atoms with Crippen molar-refractivity contribution < 1.29 is 18.3 Å². The quantitative estimate of drug-likeness (QED) is 0.736. The molecule has 7 heteroatoms. The first-order valence-corrected chi connectivity index (χ1v) is 8.18. The van der Waals surface area contributed by atoms with Gasteiger partial charge in [-0.3, -0.25) is 10.1 Å². The maximum atomic E-state index is 13.4. The maximum absolute atomic E-state index is 13.4. The zero-order chi connectivity index (χ0) is 18.0. The maximum Gasteiger partial charge on any atom is 0.261 e. The number of nitrogens with one attached hydrogen (secondary N) is 1. The highest BCUT2D eigenvalue weighted by Crippen LogP contribution is 2.31. The average Bonchev–Trinajstić information content (AvgIpc) is 2.95. The smallest absolute Gasteiger partial charge is 0.261 e. The number of aromatic nitrogens is 1. The van der Waals surface area contributed by atoms with E-state index in [0.717, 1.165) is 16.5 Å². The summed E-state index contributed by atoms with van der Waals surface area (Å²) in [6.45, 7) is 1.86. The van der Waals surface area contributed by atoms with Crippen LogP contribution in [-0.2, 0) is 0 Å². The van der Waals surface area contributed by atoms with E-state index in [-0.39, 0.29) is 17.1 Å². The largest absolute Gasteiger partial charge is 0.496 e. The number of hydrogen-bond donors (Lipinski definition) is 1. The first-order valence-electron chi connectivity index (χ1n) is 7.36. The van der Waals surface area contributed by atoms with Crippen LogP contribution in [0.1, 0.15) is 15.2 Å². The number of halogens is 2. The van der Waals surface area contributed by atoms with Crippen molar-refractivity contribution in [3.05, 3.63) is 64.5 Å². The standard InChI is InChI=1S/C18H14F2N2O2S/c1-10-16(11-3-5-12(19)6-4-11)21-18(25-10)22-17(23)14-9-13(20)7-8-15(14)24-2/h3-9H,1-2H3,(H,21,22,23). The molecule has 1 N–H and O–H groups in total. The molecular weight excluding hydrogens is 346 g/mol. The molecule has 4 nitrogen and oxygen atoms in total. The Labute approximate surface area is 147 Å². The predicted octanol–water partition coefficient (Wildman–Crippen LogP) is 4.66. The van der Waals surface area contributed by atoms with Crippen LogP contribution in [0, 0.1) is 18.6 Å². The number of methoxy groups -OCH3 is 1. The third kappa shape index (κ3) is 3.66. The fourth-order valence-electron chi connectivity index (χ4n) is 2.35. The van der Waals surface area contributed by atoms with Crippen molar-refractivity contribution >= 4 is 22.4 Å². The highest BCUT2D eigenvalue weighted by Gasteiger charge is 2.17. The zero-order valence-electron chi connectivity index (χ0n) is 13.5. The molecule has 1 amide bonds. The molecule has 25 heavy (non-hydrogen) atoms. The summed E-state index contributed by atoms with van der Waals surface area (Å²) in [5.74, 6) is -1.11. The Hall–Kier alpha value is -2.80. The van der Waals surface area contributed by atoms with E-state index >= 15 is 0 Å². The summed E-state index contributed by atoms with van der Waals surface area (Å²) < 4.78 is 31.6. The van der Waals surface area contributed by atoms with Gasteiger partial charge >= 0.3 is 0 Å². The number of carbonyl (C=O) groups is 1. The second-order valence-corrected chi connectivity index (χ2v) is 6.43. The Morgan fingerprint density at radius 1 is 1.12 bits per heavy atom. The van der Waals surface area contributed by atoms with Crippen molar-refractivity contribution in [2.24, 2.45) is 0 Å². The number of ether oxygens (including phenoxy) is 1. The van der Waals surface area contributed by atoms with Gasteiger partial charge in [0.05, 0.1) is 18.4 Å². The van der Waals surface area contributed by atoms with Gasteiger partial charge in [-0.1, -0.05) is 0 Å². The molecule has 0 spiro atoms. The first-order chi connectivity index (χ1) is 12.0. The van der Waals surface area contributed by atoms with Crippen LogP contribution in [0.3, 0.4) is 0 Å². The Morgan fingerprint density at radius 3 is 2.48 bits per heavy atom. The molecule has 0 unspecified atom stereocenters. The van der Waals surface area contributed by atoms with Crippen LogP contribution in [0.15, 0.2) is 42.5 Å². The third-order valence-electron chi connectivity index (χ3n) is 3.54. The Balaban J connectivity index is 1.87. The van der Waals surface area contributed by atoms with E-state index in [0.29, 0.717) is 10.8 Å². The van der Waals surface area contributed by atoms with E-state index in [1.807, 2.05) is 6.92 Å². The molecule has 0 aliphatic rings. The molecule has 0 fully saturated rings. The molecule has 0 bridgehead atoms. The Morgan fingerprint density at radius 2 is 1.80 bits per heavy atom. The van der Waals surface area contributed by atoms with Crippen LogP contribution >= 0.6 is 11.3 Å². The molecule has 3 rings (SSSR count).